The molecule has 1 N–H and O–H groups in total. The van der Waals surface area contributed by atoms with Gasteiger partial charge in [-0.3, -0.25) is 4.55 Å². The van der Waals surface area contributed by atoms with Crippen molar-refractivity contribution in [3.63, 3.8) is 0 Å². The average Bonchev–Trinajstić information content (AvgIpc) is 2.34. The summed E-state index contributed by atoms with van der Waals surface area (Å²) in [4.78, 5) is 0.0642. The molecule has 0 amide bonds. The molecule has 21 heavy (non-hydrogen) atoms. The van der Waals surface area contributed by atoms with Gasteiger partial charge in [0.25, 0.3) is 10.1 Å². The molecule has 0 aromatic heterocycles. The van der Waals surface area contributed by atoms with Crippen LogP contribution < -0.4 is 0 Å². The summed E-state index contributed by atoms with van der Waals surface area (Å²) in [5, 5.41) is 1.43. The fourth-order valence-corrected chi connectivity index (χ4v) is 3.80. The molecule has 0 aliphatic carbocycles. The Kier molecular flexibility index (Phi) is 5.83. The first-order valence-corrected chi connectivity index (χ1v) is 8.20. The molecular formula is C16H22MgO3S. The zero-order valence-corrected chi connectivity index (χ0v) is 15.2. The van der Waals surface area contributed by atoms with Gasteiger partial charge in [-0.05, 0) is 28.3 Å². The van der Waals surface area contributed by atoms with Gasteiger partial charge in [-0.1, -0.05) is 58.0 Å². The molecule has 0 atom stereocenters. The van der Waals surface area contributed by atoms with Crippen LogP contribution in [0, 0.1) is 0 Å². The molecule has 0 heterocycles. The van der Waals surface area contributed by atoms with Crippen molar-refractivity contribution in [1.29, 1.82) is 0 Å². The molecule has 0 aliphatic heterocycles. The van der Waals surface area contributed by atoms with Crippen LogP contribution in [-0.4, -0.2) is 36.0 Å². The third kappa shape index (κ3) is 3.59. The topological polar surface area (TPSA) is 54.4 Å². The van der Waals surface area contributed by atoms with Crippen molar-refractivity contribution < 1.29 is 15.8 Å². The van der Waals surface area contributed by atoms with Crippen LogP contribution in [0.3, 0.4) is 0 Å². The van der Waals surface area contributed by atoms with E-state index in [1.54, 1.807) is 12.1 Å². The second-order valence-corrected chi connectivity index (χ2v) is 7.07. The first-order chi connectivity index (χ1) is 9.23. The summed E-state index contributed by atoms with van der Waals surface area (Å²) in [6.07, 6.45) is 0. The Balaban J connectivity index is 0. The van der Waals surface area contributed by atoms with E-state index >= 15 is 0 Å². The molecule has 0 spiro atoms. The first-order valence-electron chi connectivity index (χ1n) is 6.76. The quantitative estimate of drug-likeness (QED) is 0.682. The fourth-order valence-electron chi connectivity index (χ4n) is 2.70. The van der Waals surface area contributed by atoms with Crippen molar-refractivity contribution in [2.24, 2.45) is 0 Å². The van der Waals surface area contributed by atoms with E-state index in [1.807, 2.05) is 45.9 Å². The van der Waals surface area contributed by atoms with Crippen LogP contribution in [0.4, 0.5) is 0 Å². The van der Waals surface area contributed by atoms with Crippen LogP contribution >= 0.6 is 0 Å². The minimum atomic E-state index is -4.26. The van der Waals surface area contributed by atoms with Gasteiger partial charge >= 0.3 is 23.1 Å². The molecular weight excluding hydrogens is 297 g/mol. The third-order valence-corrected chi connectivity index (χ3v) is 4.49. The molecule has 0 aliphatic rings. The number of rotatable bonds is 3. The van der Waals surface area contributed by atoms with Crippen molar-refractivity contribution in [3.05, 3.63) is 41.5 Å². The monoisotopic (exact) mass is 318 g/mol. The maximum atomic E-state index is 11.9. The maximum Gasteiger partial charge on any atom is 2.00 e. The van der Waals surface area contributed by atoms with E-state index in [-0.39, 0.29) is 42.6 Å². The summed E-state index contributed by atoms with van der Waals surface area (Å²) in [6.45, 7) is 7.96. The van der Waals surface area contributed by atoms with Gasteiger partial charge in [0, 0.05) is 5.39 Å². The normalized spacial score (nSPS) is 12.0. The van der Waals surface area contributed by atoms with E-state index in [1.165, 1.54) is 0 Å². The number of fused-ring (bicyclic) bond motifs is 1. The largest absolute Gasteiger partial charge is 2.00 e. The Hall–Kier alpha value is -0.624. The smallest absolute Gasteiger partial charge is 1.00 e. The van der Waals surface area contributed by atoms with Gasteiger partial charge in [0.05, 0.1) is 0 Å². The van der Waals surface area contributed by atoms with Crippen LogP contribution in [0.2, 0.25) is 0 Å². The number of hydrogen-bond acceptors (Lipinski definition) is 2. The molecule has 2 aromatic rings. The van der Waals surface area contributed by atoms with Gasteiger partial charge in [-0.2, -0.15) is 8.42 Å². The molecule has 2 rings (SSSR count). The summed E-state index contributed by atoms with van der Waals surface area (Å²) in [6, 6.07) is 9.31. The first kappa shape index (κ1) is 18.4. The molecule has 0 saturated carbocycles. The van der Waals surface area contributed by atoms with Crippen molar-refractivity contribution in [2.75, 3.05) is 0 Å². The molecule has 112 valence electrons. The van der Waals surface area contributed by atoms with Gasteiger partial charge < -0.3 is 2.85 Å². The minimum Gasteiger partial charge on any atom is -1.00 e. The Morgan fingerprint density at radius 2 is 1.62 bits per heavy atom. The van der Waals surface area contributed by atoms with Crippen LogP contribution in [0.25, 0.3) is 10.8 Å². The molecule has 0 saturated heterocycles. The van der Waals surface area contributed by atoms with E-state index in [4.69, 9.17) is 0 Å². The Morgan fingerprint density at radius 3 is 2.10 bits per heavy atom. The number of hydrogen-bond donors (Lipinski definition) is 1. The average molecular weight is 319 g/mol. The minimum absolute atomic E-state index is 0. The Labute approximate surface area is 145 Å². The van der Waals surface area contributed by atoms with Gasteiger partial charge in [0.1, 0.15) is 4.90 Å². The van der Waals surface area contributed by atoms with E-state index < -0.39 is 10.1 Å². The van der Waals surface area contributed by atoms with E-state index in [0.29, 0.717) is 5.39 Å². The van der Waals surface area contributed by atoms with Crippen molar-refractivity contribution in [2.45, 2.75) is 44.4 Å². The van der Waals surface area contributed by atoms with Crippen LogP contribution in [0.15, 0.2) is 35.2 Å². The van der Waals surface area contributed by atoms with Crippen LogP contribution in [0.5, 0.6) is 0 Å². The molecule has 0 bridgehead atoms. The van der Waals surface area contributed by atoms with E-state index in [2.05, 4.69) is 0 Å². The predicted molar refractivity (Wildman–Crippen MR) is 89.9 cm³/mol. The van der Waals surface area contributed by atoms with Gasteiger partial charge in [0.15, 0.2) is 0 Å². The molecule has 3 nitrogen and oxygen atoms in total. The summed E-state index contributed by atoms with van der Waals surface area (Å²) in [5.74, 6) is 0.214. The summed E-state index contributed by atoms with van der Waals surface area (Å²) >= 11 is 0. The fraction of sp³-hybridized carbons (Fsp3) is 0.375. The molecule has 0 fully saturated rings. The predicted octanol–water partition coefficient (Wildman–Crippen LogP) is 4.18. The summed E-state index contributed by atoms with van der Waals surface area (Å²) < 4.78 is 33.5. The standard InChI is InChI=1S/C16H20O3S.Mg.2H/c1-10(2)14-9-12-7-5-6-8-13(12)16(20(17,18)19)15(14)11(3)4;;;/h5-11H,1-4H3,(H,17,18,19);;;/q;+2;2*-1. The summed E-state index contributed by atoms with van der Waals surface area (Å²) in [5.41, 5.74) is 1.70. The van der Waals surface area contributed by atoms with Crippen molar-refractivity contribution in [3.8, 4) is 0 Å². The number of benzene rings is 2. The Bertz CT molecular complexity index is 759. The zero-order chi connectivity index (χ0) is 15.1. The van der Waals surface area contributed by atoms with Gasteiger partial charge in [-0.15, -0.1) is 0 Å². The van der Waals surface area contributed by atoms with Crippen LogP contribution in [-0.2, 0) is 10.1 Å². The SMILES string of the molecule is CC(C)c1cc2ccccc2c(S(=O)(=O)O)c1C(C)C.[H-].[H-].[Mg+2]. The molecule has 0 unspecified atom stereocenters. The third-order valence-electron chi connectivity index (χ3n) is 3.53. The van der Waals surface area contributed by atoms with Crippen molar-refractivity contribution >= 4 is 43.9 Å². The second kappa shape index (κ2) is 6.65. The van der Waals surface area contributed by atoms with E-state index in [9.17, 15) is 13.0 Å². The molecule has 2 aromatic carbocycles. The van der Waals surface area contributed by atoms with Gasteiger partial charge in [0.2, 0.25) is 0 Å². The summed E-state index contributed by atoms with van der Waals surface area (Å²) in [7, 11) is -4.26. The Morgan fingerprint density at radius 1 is 1.05 bits per heavy atom. The zero-order valence-electron chi connectivity index (χ0n) is 14.9. The van der Waals surface area contributed by atoms with Crippen LogP contribution in [0.1, 0.15) is 53.5 Å². The molecule has 0 radical (unpaired) electrons. The van der Waals surface area contributed by atoms with E-state index in [0.717, 1.165) is 16.5 Å². The van der Waals surface area contributed by atoms with Crippen molar-refractivity contribution in [1.82, 2.24) is 0 Å². The maximum absolute atomic E-state index is 11.9. The van der Waals surface area contributed by atoms with Gasteiger partial charge in [-0.25, -0.2) is 0 Å². The molecule has 5 heteroatoms. The second-order valence-electron chi connectivity index (χ2n) is 5.71.